The molecule has 0 spiro atoms. The van der Waals surface area contributed by atoms with Gasteiger partial charge in [-0.2, -0.15) is 0 Å². The Balaban J connectivity index is 0.000000219. The Bertz CT molecular complexity index is 2510. The molecule has 0 saturated carbocycles. The standard InChI is InChI=1S/C21H21N3O5S.C19H16ClN3O3S/c1-28-18-9-7-17(8-10-18)19-20(22-15-23-21(19)29-13-12-25)24-30(26,27)14-11-16-5-3-2-4-6-16;1-26-16-9-7-15(8-10-16)17-18(20)21-13-22-19(17)23-27(24,25)12-11-14-5-3-2-4-6-14/h2-11,14-15,25H,12-13H2,1H3,(H,22,23,24);2-13H,1H3,(H,21,22,23)/b14-11+;12-11+. The number of hydrogen-bond donors (Lipinski definition) is 3. The van der Waals surface area contributed by atoms with Gasteiger partial charge in [0, 0.05) is 0 Å². The number of nitrogens with zero attached hydrogens (tertiary/aromatic N) is 4. The van der Waals surface area contributed by atoms with Crippen LogP contribution in [0.25, 0.3) is 34.4 Å². The molecule has 3 N–H and O–H groups in total. The summed E-state index contributed by atoms with van der Waals surface area (Å²) >= 11 is 6.20. The molecule has 6 aromatic rings. The summed E-state index contributed by atoms with van der Waals surface area (Å²) in [6.45, 7) is -0.215. The van der Waals surface area contributed by atoms with Crippen LogP contribution in [0.15, 0.2) is 133 Å². The van der Waals surface area contributed by atoms with Crippen LogP contribution in [-0.4, -0.2) is 69.3 Å². The number of aromatic nitrogens is 4. The van der Waals surface area contributed by atoms with Gasteiger partial charge in [-0.3, -0.25) is 9.44 Å². The Hall–Kier alpha value is -6.33. The van der Waals surface area contributed by atoms with E-state index in [0.29, 0.717) is 33.8 Å². The fourth-order valence-electron chi connectivity index (χ4n) is 4.97. The maximum absolute atomic E-state index is 12.6. The lowest BCUT2D eigenvalue weighted by Crippen LogP contribution is -2.13. The maximum atomic E-state index is 12.6. The van der Waals surface area contributed by atoms with Crippen molar-refractivity contribution in [3.8, 4) is 39.6 Å². The first-order valence-electron chi connectivity index (χ1n) is 16.9. The van der Waals surface area contributed by atoms with E-state index in [1.54, 1.807) is 87.0 Å². The van der Waals surface area contributed by atoms with Crippen LogP contribution in [0.3, 0.4) is 0 Å². The lowest BCUT2D eigenvalue weighted by atomic mass is 10.1. The van der Waals surface area contributed by atoms with Gasteiger partial charge in [0.2, 0.25) is 5.88 Å². The number of sulfonamides is 2. The summed E-state index contributed by atoms with van der Waals surface area (Å²) in [6.07, 6.45) is 5.38. The average molecular weight is 829 g/mol. The Morgan fingerprint density at radius 1 is 0.614 bits per heavy atom. The Morgan fingerprint density at radius 2 is 1.05 bits per heavy atom. The van der Waals surface area contributed by atoms with Crippen LogP contribution in [0.5, 0.6) is 17.4 Å². The zero-order valence-corrected chi connectivity index (χ0v) is 32.9. The summed E-state index contributed by atoms with van der Waals surface area (Å²) in [5.41, 5.74) is 3.52. The number of nitrogens with one attached hydrogen (secondary N) is 2. The normalized spacial score (nSPS) is 11.4. The van der Waals surface area contributed by atoms with Crippen molar-refractivity contribution in [3.05, 3.63) is 149 Å². The highest BCUT2D eigenvalue weighted by atomic mass is 35.5. The number of aliphatic hydroxyl groups excluding tert-OH is 1. The predicted octanol–water partition coefficient (Wildman–Crippen LogP) is 7.15. The molecular weight excluding hydrogens is 792 g/mol. The van der Waals surface area contributed by atoms with Crippen LogP contribution in [0, 0.1) is 0 Å². The first-order chi connectivity index (χ1) is 27.5. The Morgan fingerprint density at radius 3 is 1.51 bits per heavy atom. The van der Waals surface area contributed by atoms with E-state index in [4.69, 9.17) is 30.9 Å². The molecule has 2 heterocycles. The summed E-state index contributed by atoms with van der Waals surface area (Å²) in [5.74, 6) is 1.61. The Kier molecular flexibility index (Phi) is 14.7. The summed E-state index contributed by atoms with van der Waals surface area (Å²) in [7, 11) is -4.55. The molecule has 294 valence electrons. The van der Waals surface area contributed by atoms with Crippen molar-refractivity contribution in [2.24, 2.45) is 0 Å². The second-order valence-corrected chi connectivity index (χ2v) is 15.0. The highest BCUT2D eigenvalue weighted by Gasteiger charge is 2.20. The fourth-order valence-corrected chi connectivity index (χ4v) is 6.87. The van der Waals surface area contributed by atoms with E-state index in [1.165, 1.54) is 24.8 Å². The highest BCUT2D eigenvalue weighted by molar-refractivity contribution is 7.96. The van der Waals surface area contributed by atoms with Crippen LogP contribution in [-0.2, 0) is 20.0 Å². The minimum atomic E-state index is -3.86. The largest absolute Gasteiger partial charge is 0.497 e. The average Bonchev–Trinajstić information content (AvgIpc) is 3.22. The summed E-state index contributed by atoms with van der Waals surface area (Å²) in [4.78, 5) is 16.2. The van der Waals surface area contributed by atoms with E-state index in [1.807, 2.05) is 36.4 Å². The molecule has 0 radical (unpaired) electrons. The fraction of sp³-hybridized carbons (Fsp3) is 0.100. The molecule has 6 rings (SSSR count). The van der Waals surface area contributed by atoms with Crippen molar-refractivity contribution in [2.45, 2.75) is 0 Å². The first kappa shape index (κ1) is 41.8. The van der Waals surface area contributed by atoms with E-state index in [9.17, 15) is 16.8 Å². The van der Waals surface area contributed by atoms with Crippen LogP contribution in [0.4, 0.5) is 11.6 Å². The van der Waals surface area contributed by atoms with Crippen LogP contribution < -0.4 is 23.7 Å². The number of rotatable bonds is 15. The smallest absolute Gasteiger partial charge is 0.256 e. The number of ether oxygens (including phenoxy) is 3. The van der Waals surface area contributed by atoms with Gasteiger partial charge >= 0.3 is 0 Å². The van der Waals surface area contributed by atoms with Gasteiger partial charge in [-0.15, -0.1) is 0 Å². The SMILES string of the molecule is COc1ccc(-c2c(Cl)ncnc2NS(=O)(=O)/C=C/c2ccccc2)cc1.COc1ccc(-c2c(NS(=O)(=O)/C=C/c3ccccc3)ncnc2OCCO)cc1. The third kappa shape index (κ3) is 12.3. The number of anilines is 2. The second kappa shape index (κ2) is 20.0. The van der Waals surface area contributed by atoms with E-state index in [-0.39, 0.29) is 35.9 Å². The summed E-state index contributed by atoms with van der Waals surface area (Å²) in [5, 5.41) is 11.4. The number of methoxy groups -OCH3 is 2. The molecular formula is C40H37ClN6O8S2. The van der Waals surface area contributed by atoms with Crippen molar-refractivity contribution >= 4 is 55.4 Å². The third-order valence-electron chi connectivity index (χ3n) is 7.66. The van der Waals surface area contributed by atoms with Crippen LogP contribution in [0.2, 0.25) is 5.15 Å². The van der Waals surface area contributed by atoms with E-state index >= 15 is 0 Å². The minimum absolute atomic E-state index is 0.000266. The summed E-state index contributed by atoms with van der Waals surface area (Å²) < 4.78 is 70.8. The quantitative estimate of drug-likeness (QED) is 0.0887. The molecule has 0 aliphatic carbocycles. The van der Waals surface area contributed by atoms with Crippen molar-refractivity contribution < 1.29 is 36.2 Å². The number of benzene rings is 4. The minimum Gasteiger partial charge on any atom is -0.497 e. The molecule has 0 saturated heterocycles. The second-order valence-electron chi connectivity index (χ2n) is 11.5. The third-order valence-corrected chi connectivity index (χ3v) is 9.89. The van der Waals surface area contributed by atoms with Gasteiger partial charge in [0.25, 0.3) is 20.0 Å². The summed E-state index contributed by atoms with van der Waals surface area (Å²) in [6, 6.07) is 32.1. The highest BCUT2D eigenvalue weighted by Crippen LogP contribution is 2.36. The van der Waals surface area contributed by atoms with Crippen LogP contribution >= 0.6 is 11.6 Å². The van der Waals surface area contributed by atoms with E-state index in [2.05, 4.69) is 29.4 Å². The van der Waals surface area contributed by atoms with Crippen molar-refractivity contribution in [1.29, 1.82) is 0 Å². The van der Waals surface area contributed by atoms with E-state index in [0.717, 1.165) is 21.9 Å². The van der Waals surface area contributed by atoms with Gasteiger partial charge in [0.1, 0.15) is 35.9 Å². The number of aliphatic hydroxyl groups is 1. The van der Waals surface area contributed by atoms with Gasteiger partial charge in [-0.25, -0.2) is 36.8 Å². The lowest BCUT2D eigenvalue weighted by molar-refractivity contribution is 0.197. The Labute approximate surface area is 335 Å². The van der Waals surface area contributed by atoms with Gasteiger partial charge in [0.15, 0.2) is 11.6 Å². The molecule has 2 aromatic heterocycles. The van der Waals surface area contributed by atoms with E-state index < -0.39 is 20.0 Å². The van der Waals surface area contributed by atoms with Crippen molar-refractivity contribution in [3.63, 3.8) is 0 Å². The van der Waals surface area contributed by atoms with Crippen molar-refractivity contribution in [1.82, 2.24) is 19.9 Å². The zero-order chi connectivity index (χ0) is 40.7. The lowest BCUT2D eigenvalue weighted by Gasteiger charge is -2.14. The maximum Gasteiger partial charge on any atom is 0.256 e. The number of halogens is 1. The van der Waals surface area contributed by atoms with Crippen LogP contribution in [0.1, 0.15) is 11.1 Å². The molecule has 0 aliphatic heterocycles. The van der Waals surface area contributed by atoms with Gasteiger partial charge in [-0.1, -0.05) is 96.5 Å². The predicted molar refractivity (Wildman–Crippen MR) is 222 cm³/mol. The number of hydrogen-bond acceptors (Lipinski definition) is 12. The molecule has 0 fully saturated rings. The van der Waals surface area contributed by atoms with Gasteiger partial charge in [0.05, 0.1) is 42.8 Å². The molecule has 0 bridgehead atoms. The first-order valence-corrected chi connectivity index (χ1v) is 20.4. The molecule has 57 heavy (non-hydrogen) atoms. The molecule has 0 atom stereocenters. The van der Waals surface area contributed by atoms with Gasteiger partial charge < -0.3 is 19.3 Å². The molecule has 0 aliphatic rings. The molecule has 14 nitrogen and oxygen atoms in total. The van der Waals surface area contributed by atoms with Crippen molar-refractivity contribution in [2.75, 3.05) is 36.9 Å². The topological polar surface area (TPSA) is 192 Å². The molecule has 0 unspecified atom stereocenters. The monoisotopic (exact) mass is 828 g/mol. The molecule has 0 amide bonds. The molecule has 4 aromatic carbocycles. The molecule has 17 heteroatoms. The van der Waals surface area contributed by atoms with Gasteiger partial charge in [-0.05, 0) is 58.7 Å². The zero-order valence-electron chi connectivity index (χ0n) is 30.6.